The van der Waals surface area contributed by atoms with E-state index in [0.717, 1.165) is 6.61 Å². The quantitative estimate of drug-likeness (QED) is 0.359. The molecule has 0 fully saturated rings. The average Bonchev–Trinajstić information content (AvgIpc) is 2.31. The largest absolute Gasteiger partial charge is 0.499 e. The highest BCUT2D eigenvalue weighted by molar-refractivity contribution is 4.47. The van der Waals surface area contributed by atoms with Crippen LogP contribution in [0.1, 0.15) is 39.0 Å². The van der Waals surface area contributed by atoms with Gasteiger partial charge in [0.25, 0.3) is 0 Å². The third-order valence-electron chi connectivity index (χ3n) is 2.23. The molecule has 0 amide bonds. The van der Waals surface area contributed by atoms with Crippen molar-refractivity contribution < 1.29 is 14.2 Å². The Kier molecular flexibility index (Phi) is 14.0. The molecule has 0 bridgehead atoms. The molecule has 0 spiro atoms. The van der Waals surface area contributed by atoms with Gasteiger partial charge in [-0.2, -0.15) is 0 Å². The van der Waals surface area contributed by atoms with Crippen LogP contribution in [0.4, 0.5) is 0 Å². The number of ether oxygens (including phenoxy) is 3. The van der Waals surface area contributed by atoms with Gasteiger partial charge >= 0.3 is 0 Å². The minimum atomic E-state index is 0.570. The molecule has 0 saturated carbocycles. The Bertz CT molecular complexity index is 137. The van der Waals surface area contributed by atoms with Crippen LogP contribution >= 0.6 is 0 Å². The third-order valence-corrected chi connectivity index (χ3v) is 2.23. The van der Waals surface area contributed by atoms with Gasteiger partial charge in [-0.3, -0.25) is 0 Å². The summed E-state index contributed by atoms with van der Waals surface area (Å²) in [6.45, 7) is 9.03. The van der Waals surface area contributed by atoms with Gasteiger partial charge in [0.1, 0.15) is 6.61 Å². The van der Waals surface area contributed by atoms with E-state index in [1.54, 1.807) is 0 Å². The minimum absolute atomic E-state index is 0.570. The first-order valence-corrected chi connectivity index (χ1v) is 6.29. The van der Waals surface area contributed by atoms with Gasteiger partial charge in [-0.15, -0.1) is 0 Å². The van der Waals surface area contributed by atoms with Crippen LogP contribution in [-0.2, 0) is 14.2 Å². The molecule has 0 N–H and O–H groups in total. The van der Waals surface area contributed by atoms with Crippen molar-refractivity contribution in [1.82, 2.24) is 0 Å². The maximum atomic E-state index is 5.43. The summed E-state index contributed by atoms with van der Waals surface area (Å²) in [4.78, 5) is 0. The van der Waals surface area contributed by atoms with Gasteiger partial charge in [-0.05, 0) is 6.42 Å². The van der Waals surface area contributed by atoms with Crippen LogP contribution in [0.2, 0.25) is 0 Å². The molecular weight excluding hydrogens is 204 g/mol. The molecule has 0 aromatic rings. The molecule has 0 atom stereocenters. The molecule has 0 radical (unpaired) electrons. The van der Waals surface area contributed by atoms with Crippen molar-refractivity contribution in [1.29, 1.82) is 0 Å². The molecule has 0 aromatic carbocycles. The zero-order valence-electron chi connectivity index (χ0n) is 10.6. The van der Waals surface area contributed by atoms with Gasteiger partial charge in [0.2, 0.25) is 0 Å². The van der Waals surface area contributed by atoms with E-state index in [1.807, 2.05) is 0 Å². The topological polar surface area (TPSA) is 27.7 Å². The monoisotopic (exact) mass is 230 g/mol. The van der Waals surface area contributed by atoms with E-state index in [2.05, 4.69) is 13.5 Å². The van der Waals surface area contributed by atoms with Gasteiger partial charge in [0, 0.05) is 6.61 Å². The fraction of sp³-hybridized carbons (Fsp3) is 0.846. The zero-order chi connectivity index (χ0) is 11.9. The number of unbranched alkanes of at least 4 members (excludes halogenated alkanes) is 4. The lowest BCUT2D eigenvalue weighted by Crippen LogP contribution is -2.08. The van der Waals surface area contributed by atoms with E-state index in [4.69, 9.17) is 14.2 Å². The van der Waals surface area contributed by atoms with E-state index < -0.39 is 0 Å². The molecule has 3 heteroatoms. The second kappa shape index (κ2) is 14.5. The van der Waals surface area contributed by atoms with Crippen LogP contribution < -0.4 is 0 Å². The maximum Gasteiger partial charge on any atom is 0.111 e. The smallest absolute Gasteiger partial charge is 0.111 e. The number of hydrogen-bond donors (Lipinski definition) is 0. The molecule has 0 saturated heterocycles. The second-order valence-electron chi connectivity index (χ2n) is 3.68. The Morgan fingerprint density at radius 3 is 2.12 bits per heavy atom. The maximum absolute atomic E-state index is 5.43. The lowest BCUT2D eigenvalue weighted by atomic mass is 10.2. The van der Waals surface area contributed by atoms with E-state index >= 15 is 0 Å². The van der Waals surface area contributed by atoms with Crippen molar-refractivity contribution in [2.45, 2.75) is 39.0 Å². The Morgan fingerprint density at radius 1 is 0.812 bits per heavy atom. The molecule has 0 aliphatic heterocycles. The highest BCUT2D eigenvalue weighted by atomic mass is 16.5. The SMILES string of the molecule is C=COCCOCCOCCCCCCC. The van der Waals surface area contributed by atoms with Crippen molar-refractivity contribution >= 4 is 0 Å². The molecule has 16 heavy (non-hydrogen) atoms. The first-order valence-electron chi connectivity index (χ1n) is 6.29. The van der Waals surface area contributed by atoms with Crippen LogP contribution in [0, 0.1) is 0 Å². The fourth-order valence-electron chi connectivity index (χ4n) is 1.32. The average molecular weight is 230 g/mol. The van der Waals surface area contributed by atoms with Crippen LogP contribution in [0.15, 0.2) is 12.8 Å². The van der Waals surface area contributed by atoms with Crippen molar-refractivity contribution in [3.63, 3.8) is 0 Å². The summed E-state index contributed by atoms with van der Waals surface area (Å²) in [6.07, 6.45) is 7.83. The first kappa shape index (κ1) is 15.5. The summed E-state index contributed by atoms with van der Waals surface area (Å²) >= 11 is 0. The minimum Gasteiger partial charge on any atom is -0.499 e. The van der Waals surface area contributed by atoms with E-state index in [1.165, 1.54) is 38.4 Å². The summed E-state index contributed by atoms with van der Waals surface area (Å²) in [5, 5.41) is 0. The van der Waals surface area contributed by atoms with Crippen molar-refractivity contribution in [2.75, 3.05) is 33.0 Å². The number of hydrogen-bond acceptors (Lipinski definition) is 3. The first-order chi connectivity index (χ1) is 7.91. The summed E-state index contributed by atoms with van der Waals surface area (Å²) < 4.78 is 15.6. The molecule has 0 aromatic heterocycles. The second-order valence-corrected chi connectivity index (χ2v) is 3.68. The van der Waals surface area contributed by atoms with Crippen molar-refractivity contribution in [2.24, 2.45) is 0 Å². The summed E-state index contributed by atoms with van der Waals surface area (Å²) in [5.74, 6) is 0. The normalized spacial score (nSPS) is 10.3. The highest BCUT2D eigenvalue weighted by Gasteiger charge is 1.91. The Morgan fingerprint density at radius 2 is 1.44 bits per heavy atom. The lowest BCUT2D eigenvalue weighted by molar-refractivity contribution is 0.0296. The third kappa shape index (κ3) is 13.5. The molecule has 96 valence electrons. The van der Waals surface area contributed by atoms with E-state index in [9.17, 15) is 0 Å². The Labute approximate surface area is 99.8 Å². The molecule has 0 unspecified atom stereocenters. The highest BCUT2D eigenvalue weighted by Crippen LogP contribution is 2.02. The summed E-state index contributed by atoms with van der Waals surface area (Å²) in [5.41, 5.74) is 0. The van der Waals surface area contributed by atoms with Gasteiger partial charge in [-0.1, -0.05) is 39.2 Å². The Balaban J connectivity index is 2.85. The molecule has 0 heterocycles. The molecule has 0 aliphatic rings. The van der Waals surface area contributed by atoms with Gasteiger partial charge in [-0.25, -0.2) is 0 Å². The van der Waals surface area contributed by atoms with Crippen LogP contribution in [0.5, 0.6) is 0 Å². The van der Waals surface area contributed by atoms with E-state index in [-0.39, 0.29) is 0 Å². The molecule has 3 nitrogen and oxygen atoms in total. The lowest BCUT2D eigenvalue weighted by Gasteiger charge is -2.05. The van der Waals surface area contributed by atoms with Crippen LogP contribution in [-0.4, -0.2) is 33.0 Å². The van der Waals surface area contributed by atoms with Gasteiger partial charge < -0.3 is 14.2 Å². The van der Waals surface area contributed by atoms with E-state index in [0.29, 0.717) is 26.4 Å². The standard InChI is InChI=1S/C13H26O3/c1-3-5-6-7-8-9-15-12-13-16-11-10-14-4-2/h4H,2-3,5-13H2,1H3. The predicted molar refractivity (Wildman–Crippen MR) is 66.5 cm³/mol. The molecular formula is C13H26O3. The summed E-state index contributed by atoms with van der Waals surface area (Å²) in [6, 6.07) is 0. The summed E-state index contributed by atoms with van der Waals surface area (Å²) in [7, 11) is 0. The predicted octanol–water partition coefficient (Wildman–Crippen LogP) is 3.15. The van der Waals surface area contributed by atoms with Crippen molar-refractivity contribution in [3.8, 4) is 0 Å². The van der Waals surface area contributed by atoms with Crippen LogP contribution in [0.25, 0.3) is 0 Å². The molecule has 0 rings (SSSR count). The van der Waals surface area contributed by atoms with Gasteiger partial charge in [0.15, 0.2) is 0 Å². The fourth-order valence-corrected chi connectivity index (χ4v) is 1.32. The molecule has 0 aliphatic carbocycles. The van der Waals surface area contributed by atoms with Crippen LogP contribution in [0.3, 0.4) is 0 Å². The number of rotatable bonds is 13. The zero-order valence-corrected chi connectivity index (χ0v) is 10.6. The van der Waals surface area contributed by atoms with Crippen molar-refractivity contribution in [3.05, 3.63) is 12.8 Å². The Hall–Kier alpha value is -0.540. The van der Waals surface area contributed by atoms with Gasteiger partial charge in [0.05, 0.1) is 26.1 Å².